The fourth-order valence-corrected chi connectivity index (χ4v) is 2.18. The minimum Gasteiger partial charge on any atom is -0.371 e. The monoisotopic (exact) mass is 195 g/mol. The van der Waals surface area contributed by atoms with Crippen molar-refractivity contribution < 1.29 is 4.74 Å². The van der Waals surface area contributed by atoms with Gasteiger partial charge in [-0.2, -0.15) is 4.98 Å². The Morgan fingerprint density at radius 2 is 2.07 bits per heavy atom. The van der Waals surface area contributed by atoms with E-state index in [1.165, 1.54) is 0 Å². The number of nitrogens with zero attached hydrogens (tertiary/aromatic N) is 3. The number of H-pyrrole nitrogens is 1. The van der Waals surface area contributed by atoms with Crippen molar-refractivity contribution in [2.24, 2.45) is 0 Å². The summed E-state index contributed by atoms with van der Waals surface area (Å²) in [7, 11) is 0. The van der Waals surface area contributed by atoms with Gasteiger partial charge in [0.2, 0.25) is 11.9 Å². The van der Waals surface area contributed by atoms with Crippen molar-refractivity contribution in [3.05, 3.63) is 0 Å². The molecule has 0 radical (unpaired) electrons. The van der Waals surface area contributed by atoms with Crippen LogP contribution < -0.4 is 10.6 Å². The average molecular weight is 195 g/mol. The molecule has 6 nitrogen and oxygen atoms in total. The number of fused-ring (bicyclic) bond motifs is 2. The first-order valence-corrected chi connectivity index (χ1v) is 4.89. The third-order valence-electron chi connectivity index (χ3n) is 2.82. The van der Waals surface area contributed by atoms with Crippen LogP contribution in [0.1, 0.15) is 12.8 Å². The number of nitrogens with two attached hydrogens (primary N) is 1. The first kappa shape index (κ1) is 8.05. The van der Waals surface area contributed by atoms with Gasteiger partial charge in [0.15, 0.2) is 0 Å². The molecule has 2 atom stereocenters. The van der Waals surface area contributed by atoms with Crippen molar-refractivity contribution in [3.63, 3.8) is 0 Å². The van der Waals surface area contributed by atoms with Crippen molar-refractivity contribution in [3.8, 4) is 0 Å². The van der Waals surface area contributed by atoms with Crippen LogP contribution in [0, 0.1) is 0 Å². The van der Waals surface area contributed by atoms with Crippen LogP contribution in [0.2, 0.25) is 0 Å². The SMILES string of the molecule is Nc1nc(N2CC3CCC(C2)O3)n[nH]1. The minimum atomic E-state index is 0.355. The van der Waals surface area contributed by atoms with E-state index in [2.05, 4.69) is 20.1 Å². The third kappa shape index (κ3) is 1.22. The van der Waals surface area contributed by atoms with E-state index in [0.29, 0.717) is 24.1 Å². The molecule has 2 saturated heterocycles. The molecule has 2 fully saturated rings. The number of aromatic nitrogens is 3. The van der Waals surface area contributed by atoms with E-state index in [4.69, 9.17) is 10.5 Å². The third-order valence-corrected chi connectivity index (χ3v) is 2.82. The minimum absolute atomic E-state index is 0.355. The number of nitrogens with one attached hydrogen (secondary N) is 1. The van der Waals surface area contributed by atoms with Gasteiger partial charge in [-0.1, -0.05) is 0 Å². The van der Waals surface area contributed by atoms with Gasteiger partial charge in [-0.05, 0) is 12.8 Å². The highest BCUT2D eigenvalue weighted by Crippen LogP contribution is 2.27. The van der Waals surface area contributed by atoms with Crippen LogP contribution in [0.5, 0.6) is 0 Å². The van der Waals surface area contributed by atoms with Gasteiger partial charge in [0.25, 0.3) is 0 Å². The second-order valence-electron chi connectivity index (χ2n) is 3.88. The molecule has 2 unspecified atom stereocenters. The summed E-state index contributed by atoms with van der Waals surface area (Å²) >= 11 is 0. The molecule has 3 rings (SSSR count). The Bertz CT molecular complexity index is 326. The van der Waals surface area contributed by atoms with Gasteiger partial charge < -0.3 is 15.4 Å². The zero-order valence-electron chi connectivity index (χ0n) is 7.81. The summed E-state index contributed by atoms with van der Waals surface area (Å²) in [6, 6.07) is 0. The smallest absolute Gasteiger partial charge is 0.246 e. The summed E-state index contributed by atoms with van der Waals surface area (Å²) in [6.07, 6.45) is 3.02. The lowest BCUT2D eigenvalue weighted by Gasteiger charge is -2.30. The van der Waals surface area contributed by atoms with Crippen LogP contribution in [0.4, 0.5) is 11.9 Å². The summed E-state index contributed by atoms with van der Waals surface area (Å²) < 4.78 is 5.72. The molecular formula is C8H13N5O. The molecule has 0 saturated carbocycles. The molecule has 0 aliphatic carbocycles. The first-order valence-electron chi connectivity index (χ1n) is 4.89. The summed E-state index contributed by atoms with van der Waals surface area (Å²) in [5.41, 5.74) is 5.48. The Morgan fingerprint density at radius 3 is 2.64 bits per heavy atom. The van der Waals surface area contributed by atoms with Crippen LogP contribution in [-0.4, -0.2) is 40.5 Å². The Morgan fingerprint density at radius 1 is 1.36 bits per heavy atom. The van der Waals surface area contributed by atoms with Gasteiger partial charge in [0.1, 0.15) is 0 Å². The second-order valence-corrected chi connectivity index (χ2v) is 3.88. The fourth-order valence-electron chi connectivity index (χ4n) is 2.18. The molecule has 1 aromatic rings. The highest BCUT2D eigenvalue weighted by atomic mass is 16.5. The topological polar surface area (TPSA) is 80.1 Å². The lowest BCUT2D eigenvalue weighted by molar-refractivity contribution is 0.0299. The standard InChI is InChI=1S/C8H13N5O/c9-7-10-8(12-11-7)13-3-5-1-2-6(4-13)14-5/h5-6H,1-4H2,(H3,9,10,11,12). The maximum atomic E-state index is 5.72. The normalized spacial score (nSPS) is 31.0. The van der Waals surface area contributed by atoms with Crippen molar-refractivity contribution in [2.75, 3.05) is 23.7 Å². The quantitative estimate of drug-likeness (QED) is 0.646. The lowest BCUT2D eigenvalue weighted by atomic mass is 10.2. The highest BCUT2D eigenvalue weighted by Gasteiger charge is 2.34. The van der Waals surface area contributed by atoms with Gasteiger partial charge in [-0.25, -0.2) is 5.10 Å². The number of ether oxygens (including phenoxy) is 1. The summed E-state index contributed by atoms with van der Waals surface area (Å²) in [5, 5.41) is 6.70. The van der Waals surface area contributed by atoms with Crippen LogP contribution in [0.15, 0.2) is 0 Å². The number of rotatable bonds is 1. The number of aromatic amines is 1. The fraction of sp³-hybridized carbons (Fsp3) is 0.750. The Labute approximate surface area is 81.4 Å². The number of nitrogen functional groups attached to an aromatic ring is 1. The average Bonchev–Trinajstić information content (AvgIpc) is 2.73. The first-order chi connectivity index (χ1) is 6.81. The van der Waals surface area contributed by atoms with Crippen molar-refractivity contribution in [1.82, 2.24) is 15.2 Å². The molecule has 2 aliphatic rings. The van der Waals surface area contributed by atoms with E-state index in [9.17, 15) is 0 Å². The molecule has 3 N–H and O–H groups in total. The summed E-state index contributed by atoms with van der Waals surface area (Å²) in [4.78, 5) is 6.25. The number of hydrogen-bond donors (Lipinski definition) is 2. The molecule has 2 bridgehead atoms. The van der Waals surface area contributed by atoms with Crippen molar-refractivity contribution in [1.29, 1.82) is 0 Å². The maximum Gasteiger partial charge on any atom is 0.246 e. The van der Waals surface area contributed by atoms with Crippen molar-refractivity contribution >= 4 is 11.9 Å². The van der Waals surface area contributed by atoms with Crippen molar-refractivity contribution in [2.45, 2.75) is 25.0 Å². The van der Waals surface area contributed by atoms with E-state index < -0.39 is 0 Å². The van der Waals surface area contributed by atoms with Gasteiger partial charge >= 0.3 is 0 Å². The molecule has 1 aromatic heterocycles. The van der Waals surface area contributed by atoms with E-state index in [-0.39, 0.29) is 0 Å². The zero-order valence-corrected chi connectivity index (χ0v) is 7.81. The predicted octanol–water partition coefficient (Wildman–Crippen LogP) is -0.246. The Balaban J connectivity index is 1.80. The molecule has 0 amide bonds. The molecule has 76 valence electrons. The molecule has 0 spiro atoms. The second kappa shape index (κ2) is 2.84. The lowest BCUT2D eigenvalue weighted by Crippen LogP contribution is -2.43. The number of hydrogen-bond acceptors (Lipinski definition) is 5. The Hall–Kier alpha value is -1.30. The van der Waals surface area contributed by atoms with Crippen LogP contribution in [0.3, 0.4) is 0 Å². The van der Waals surface area contributed by atoms with Crippen LogP contribution in [-0.2, 0) is 4.74 Å². The number of anilines is 2. The molecule has 3 heterocycles. The zero-order chi connectivity index (χ0) is 9.54. The van der Waals surface area contributed by atoms with Gasteiger partial charge in [-0.3, -0.25) is 0 Å². The van der Waals surface area contributed by atoms with E-state index >= 15 is 0 Å². The van der Waals surface area contributed by atoms with E-state index in [1.807, 2.05) is 0 Å². The highest BCUT2D eigenvalue weighted by molar-refractivity contribution is 5.35. The van der Waals surface area contributed by atoms with E-state index in [0.717, 1.165) is 25.9 Å². The number of morpholine rings is 1. The molecule has 14 heavy (non-hydrogen) atoms. The predicted molar refractivity (Wildman–Crippen MR) is 50.9 cm³/mol. The largest absolute Gasteiger partial charge is 0.371 e. The summed E-state index contributed by atoms with van der Waals surface area (Å²) in [6.45, 7) is 1.77. The van der Waals surface area contributed by atoms with Gasteiger partial charge in [-0.15, -0.1) is 5.10 Å². The Kier molecular flexibility index (Phi) is 1.63. The molecular weight excluding hydrogens is 182 g/mol. The van der Waals surface area contributed by atoms with E-state index in [1.54, 1.807) is 0 Å². The van der Waals surface area contributed by atoms with Gasteiger partial charge in [0.05, 0.1) is 12.2 Å². The van der Waals surface area contributed by atoms with Crippen LogP contribution in [0.25, 0.3) is 0 Å². The molecule has 6 heteroatoms. The van der Waals surface area contributed by atoms with Crippen LogP contribution >= 0.6 is 0 Å². The molecule has 2 aliphatic heterocycles. The van der Waals surface area contributed by atoms with Gasteiger partial charge in [0, 0.05) is 13.1 Å². The maximum absolute atomic E-state index is 5.72. The molecule has 0 aromatic carbocycles. The summed E-state index contributed by atoms with van der Waals surface area (Å²) in [5.74, 6) is 1.07.